The maximum atomic E-state index is 13.6. The van der Waals surface area contributed by atoms with Crippen molar-refractivity contribution < 1.29 is 9.13 Å². The van der Waals surface area contributed by atoms with E-state index in [1.807, 2.05) is 28.7 Å². The number of halogens is 2. The number of hydrogen-bond acceptors (Lipinski definition) is 3. The van der Waals surface area contributed by atoms with Crippen molar-refractivity contribution in [2.75, 3.05) is 30.4 Å². The smallest absolute Gasteiger partial charge is 0.138 e. The molecule has 3 rings (SSSR count). The van der Waals surface area contributed by atoms with E-state index < -0.39 is 0 Å². The van der Waals surface area contributed by atoms with E-state index in [1.165, 1.54) is 0 Å². The molecule has 1 fully saturated rings. The van der Waals surface area contributed by atoms with Crippen molar-refractivity contribution in [3.8, 4) is 0 Å². The van der Waals surface area contributed by atoms with E-state index >= 15 is 0 Å². The van der Waals surface area contributed by atoms with Crippen molar-refractivity contribution in [1.29, 1.82) is 0 Å². The third kappa shape index (κ3) is 1.89. The van der Waals surface area contributed by atoms with Gasteiger partial charge in [0.05, 0.1) is 34.2 Å². The van der Waals surface area contributed by atoms with Crippen LogP contribution in [0.15, 0.2) is 12.1 Å². The van der Waals surface area contributed by atoms with Crippen molar-refractivity contribution in [2.24, 2.45) is 5.41 Å². The minimum atomic E-state index is -0.179. The van der Waals surface area contributed by atoms with Gasteiger partial charge in [-0.05, 0) is 28.7 Å². The Morgan fingerprint density at radius 1 is 1.47 bits per heavy atom. The molecule has 0 radical (unpaired) electrons. The summed E-state index contributed by atoms with van der Waals surface area (Å²) in [5.41, 5.74) is 1.88. The zero-order valence-corrected chi connectivity index (χ0v) is 11.7. The number of hydrogen-bond donors (Lipinski definition) is 2. The third-order valence-corrected chi connectivity index (χ3v) is 4.46. The average Bonchev–Trinajstić information content (AvgIpc) is 2.58. The van der Waals surface area contributed by atoms with Crippen LogP contribution in [0.4, 0.5) is 15.8 Å². The monoisotopic (exact) mass is 348 g/mol. The first kappa shape index (κ1) is 11.5. The molecule has 0 aliphatic carbocycles. The number of benzene rings is 1. The lowest BCUT2D eigenvalue weighted by Crippen LogP contribution is -2.40. The molecule has 2 aliphatic rings. The molecule has 1 aromatic carbocycles. The SMILES string of the molecule is CC12CNc3cc(I)c(F)cc3NC1COC2. The molecule has 0 amide bonds. The molecule has 1 saturated heterocycles. The minimum absolute atomic E-state index is 0.0704. The van der Waals surface area contributed by atoms with E-state index in [1.54, 1.807) is 6.07 Å². The second-order valence-electron chi connectivity index (χ2n) is 5.03. The van der Waals surface area contributed by atoms with Crippen molar-refractivity contribution in [3.63, 3.8) is 0 Å². The van der Waals surface area contributed by atoms with Crippen LogP contribution in [0.25, 0.3) is 0 Å². The van der Waals surface area contributed by atoms with Gasteiger partial charge in [0.25, 0.3) is 0 Å². The largest absolute Gasteiger partial charge is 0.383 e. The first-order valence-electron chi connectivity index (χ1n) is 5.66. The zero-order chi connectivity index (χ0) is 12.0. The third-order valence-electron chi connectivity index (χ3n) is 3.63. The molecule has 0 aromatic heterocycles. The first-order chi connectivity index (χ1) is 8.08. The van der Waals surface area contributed by atoms with E-state index in [-0.39, 0.29) is 17.3 Å². The molecule has 2 aliphatic heterocycles. The van der Waals surface area contributed by atoms with Gasteiger partial charge >= 0.3 is 0 Å². The van der Waals surface area contributed by atoms with Gasteiger partial charge in [0.1, 0.15) is 5.82 Å². The number of nitrogens with one attached hydrogen (secondary N) is 2. The quantitative estimate of drug-likeness (QED) is 0.708. The summed E-state index contributed by atoms with van der Waals surface area (Å²) in [4.78, 5) is 0. The lowest BCUT2D eigenvalue weighted by molar-refractivity contribution is 0.164. The van der Waals surface area contributed by atoms with Gasteiger partial charge in [0, 0.05) is 18.0 Å². The summed E-state index contributed by atoms with van der Waals surface area (Å²) in [6.07, 6.45) is 0. The average molecular weight is 348 g/mol. The Balaban J connectivity index is 2.00. The summed E-state index contributed by atoms with van der Waals surface area (Å²) in [6, 6.07) is 3.66. The molecule has 1 aromatic rings. The zero-order valence-electron chi connectivity index (χ0n) is 9.52. The Labute approximate surface area is 113 Å². The second kappa shape index (κ2) is 3.98. The molecule has 2 heterocycles. The van der Waals surface area contributed by atoms with Crippen LogP contribution in [0, 0.1) is 14.8 Å². The van der Waals surface area contributed by atoms with E-state index in [0.29, 0.717) is 10.2 Å². The van der Waals surface area contributed by atoms with Gasteiger partial charge in [0.2, 0.25) is 0 Å². The summed E-state index contributed by atoms with van der Waals surface area (Å²) in [6.45, 7) is 4.47. The highest BCUT2D eigenvalue weighted by atomic mass is 127. The van der Waals surface area contributed by atoms with Crippen LogP contribution >= 0.6 is 22.6 Å². The summed E-state index contributed by atoms with van der Waals surface area (Å²) >= 11 is 2.01. The molecule has 0 bridgehead atoms. The van der Waals surface area contributed by atoms with Gasteiger partial charge < -0.3 is 15.4 Å². The van der Waals surface area contributed by atoms with Gasteiger partial charge in [-0.2, -0.15) is 0 Å². The van der Waals surface area contributed by atoms with Gasteiger partial charge in [-0.25, -0.2) is 4.39 Å². The fourth-order valence-corrected chi connectivity index (χ4v) is 2.87. The standard InChI is InChI=1S/C12H14FIN2O/c1-12-5-15-9-3-8(14)7(13)2-10(9)16-11(12)4-17-6-12/h2-3,11,15-16H,4-6H2,1H3. The van der Waals surface area contributed by atoms with Crippen molar-refractivity contribution >= 4 is 34.0 Å². The number of fused-ring (bicyclic) bond motifs is 2. The number of anilines is 2. The van der Waals surface area contributed by atoms with E-state index in [2.05, 4.69) is 17.6 Å². The minimum Gasteiger partial charge on any atom is -0.383 e. The highest BCUT2D eigenvalue weighted by Gasteiger charge is 2.41. The molecule has 17 heavy (non-hydrogen) atoms. The molecular formula is C12H14FIN2O. The van der Waals surface area contributed by atoms with Gasteiger partial charge in [0.15, 0.2) is 0 Å². The van der Waals surface area contributed by atoms with Crippen LogP contribution in [0.1, 0.15) is 6.92 Å². The maximum absolute atomic E-state index is 13.6. The predicted molar refractivity (Wildman–Crippen MR) is 73.9 cm³/mol. The van der Waals surface area contributed by atoms with Crippen LogP contribution in [-0.2, 0) is 4.74 Å². The predicted octanol–water partition coefficient (Wildman–Crippen LogP) is 2.67. The normalized spacial score (nSPS) is 30.9. The molecule has 0 spiro atoms. The molecule has 2 N–H and O–H groups in total. The fourth-order valence-electron chi connectivity index (χ4n) is 2.40. The Morgan fingerprint density at radius 3 is 3.12 bits per heavy atom. The van der Waals surface area contributed by atoms with Crippen LogP contribution in [0.5, 0.6) is 0 Å². The summed E-state index contributed by atoms with van der Waals surface area (Å²) in [5, 5.41) is 6.79. The molecule has 2 unspecified atom stereocenters. The van der Waals surface area contributed by atoms with Gasteiger partial charge in [-0.15, -0.1) is 0 Å². The summed E-state index contributed by atoms with van der Waals surface area (Å²) in [7, 11) is 0. The Hall–Kier alpha value is -0.560. The van der Waals surface area contributed by atoms with Crippen molar-refractivity contribution in [2.45, 2.75) is 13.0 Å². The number of ether oxygens (including phenoxy) is 1. The lowest BCUT2D eigenvalue weighted by Gasteiger charge is -2.27. The molecule has 2 atom stereocenters. The van der Waals surface area contributed by atoms with Crippen molar-refractivity contribution in [1.82, 2.24) is 0 Å². The van der Waals surface area contributed by atoms with Crippen LogP contribution < -0.4 is 10.6 Å². The van der Waals surface area contributed by atoms with E-state index in [0.717, 1.165) is 24.5 Å². The molecule has 3 nitrogen and oxygen atoms in total. The number of rotatable bonds is 0. The Kier molecular flexibility index (Phi) is 2.70. The molecule has 0 saturated carbocycles. The Morgan fingerprint density at radius 2 is 2.29 bits per heavy atom. The van der Waals surface area contributed by atoms with Crippen LogP contribution in [-0.4, -0.2) is 25.8 Å². The molecular weight excluding hydrogens is 334 g/mol. The highest BCUT2D eigenvalue weighted by Crippen LogP contribution is 2.38. The molecule has 92 valence electrons. The fraction of sp³-hybridized carbons (Fsp3) is 0.500. The van der Waals surface area contributed by atoms with E-state index in [9.17, 15) is 4.39 Å². The van der Waals surface area contributed by atoms with Crippen LogP contribution in [0.2, 0.25) is 0 Å². The van der Waals surface area contributed by atoms with Gasteiger partial charge in [-0.3, -0.25) is 0 Å². The Bertz CT molecular complexity index is 468. The highest BCUT2D eigenvalue weighted by molar-refractivity contribution is 14.1. The van der Waals surface area contributed by atoms with E-state index in [4.69, 9.17) is 4.74 Å². The second-order valence-corrected chi connectivity index (χ2v) is 6.19. The topological polar surface area (TPSA) is 33.3 Å². The lowest BCUT2D eigenvalue weighted by atomic mass is 9.85. The van der Waals surface area contributed by atoms with Crippen molar-refractivity contribution in [3.05, 3.63) is 21.5 Å². The summed E-state index contributed by atoms with van der Waals surface area (Å²) < 4.78 is 19.7. The first-order valence-corrected chi connectivity index (χ1v) is 6.74. The summed E-state index contributed by atoms with van der Waals surface area (Å²) in [5.74, 6) is -0.179. The molecule has 5 heteroatoms. The van der Waals surface area contributed by atoms with Gasteiger partial charge in [-0.1, -0.05) is 6.92 Å². The maximum Gasteiger partial charge on any atom is 0.138 e. The van der Waals surface area contributed by atoms with Crippen LogP contribution in [0.3, 0.4) is 0 Å².